The molecular formula is C24H21NO6. The van der Waals surface area contributed by atoms with Crippen LogP contribution in [0.25, 0.3) is 0 Å². The third-order valence-corrected chi connectivity index (χ3v) is 5.31. The number of ether oxygens (including phenoxy) is 2. The molecule has 0 radical (unpaired) electrons. The molecule has 1 aliphatic carbocycles. The molecule has 7 nitrogen and oxygen atoms in total. The van der Waals surface area contributed by atoms with E-state index in [-0.39, 0.29) is 39.6 Å². The van der Waals surface area contributed by atoms with Crippen molar-refractivity contribution in [2.24, 2.45) is 0 Å². The molecular weight excluding hydrogens is 398 g/mol. The number of rotatable bonds is 6. The lowest BCUT2D eigenvalue weighted by Crippen LogP contribution is -2.29. The molecule has 0 bridgehead atoms. The second-order valence-corrected chi connectivity index (χ2v) is 7.14. The van der Waals surface area contributed by atoms with E-state index in [0.717, 1.165) is 5.56 Å². The molecule has 2 aromatic carbocycles. The van der Waals surface area contributed by atoms with E-state index in [0.29, 0.717) is 24.5 Å². The Morgan fingerprint density at radius 2 is 1.65 bits per heavy atom. The predicted octanol–water partition coefficient (Wildman–Crippen LogP) is 3.35. The first-order valence-electron chi connectivity index (χ1n) is 9.77. The van der Waals surface area contributed by atoms with Crippen molar-refractivity contribution < 1.29 is 28.3 Å². The number of hydrogen-bond acceptors (Lipinski definition) is 6. The number of benzene rings is 2. The molecule has 0 aliphatic heterocycles. The number of hydrogen-bond donors (Lipinski definition) is 1. The molecule has 1 aliphatic rings. The minimum atomic E-state index is -0.455. The van der Waals surface area contributed by atoms with Gasteiger partial charge in [-0.1, -0.05) is 30.3 Å². The normalized spacial score (nSPS) is 12.2. The number of methoxy groups -OCH3 is 2. The van der Waals surface area contributed by atoms with Crippen LogP contribution < -0.4 is 14.8 Å². The molecule has 31 heavy (non-hydrogen) atoms. The Morgan fingerprint density at radius 3 is 2.32 bits per heavy atom. The zero-order valence-corrected chi connectivity index (χ0v) is 17.4. The first-order chi connectivity index (χ1) is 15.0. The van der Waals surface area contributed by atoms with E-state index in [1.165, 1.54) is 0 Å². The SMILES string of the molecule is COc1ccc(CCNC(=O)c2c(C)oc3c2C(=O)c2ccccc2C3=O)cc1OC. The van der Waals surface area contributed by atoms with Gasteiger partial charge in [0, 0.05) is 17.7 Å². The zero-order valence-electron chi connectivity index (χ0n) is 17.4. The number of nitrogens with one attached hydrogen (secondary N) is 1. The van der Waals surface area contributed by atoms with Crippen LogP contribution >= 0.6 is 0 Å². The fourth-order valence-corrected chi connectivity index (χ4v) is 3.78. The van der Waals surface area contributed by atoms with Gasteiger partial charge in [0.05, 0.1) is 25.3 Å². The van der Waals surface area contributed by atoms with Gasteiger partial charge < -0.3 is 19.2 Å². The van der Waals surface area contributed by atoms with Gasteiger partial charge in [0.15, 0.2) is 23.0 Å². The van der Waals surface area contributed by atoms with Crippen molar-refractivity contribution >= 4 is 17.5 Å². The van der Waals surface area contributed by atoms with Crippen LogP contribution in [-0.4, -0.2) is 38.2 Å². The number of ketones is 2. The third-order valence-electron chi connectivity index (χ3n) is 5.31. The van der Waals surface area contributed by atoms with Gasteiger partial charge in [-0.2, -0.15) is 0 Å². The van der Waals surface area contributed by atoms with E-state index in [2.05, 4.69) is 5.32 Å². The molecule has 4 rings (SSSR count). The quantitative estimate of drug-likeness (QED) is 0.515. The van der Waals surface area contributed by atoms with Crippen molar-refractivity contribution in [3.63, 3.8) is 0 Å². The van der Waals surface area contributed by atoms with Gasteiger partial charge in [0.1, 0.15) is 5.76 Å². The van der Waals surface area contributed by atoms with E-state index >= 15 is 0 Å². The van der Waals surface area contributed by atoms with Crippen LogP contribution in [0.5, 0.6) is 11.5 Å². The summed E-state index contributed by atoms with van der Waals surface area (Å²) in [5.74, 6) is 0.163. The van der Waals surface area contributed by atoms with Gasteiger partial charge >= 0.3 is 0 Å². The standard InChI is InChI=1S/C24H21NO6/c1-13-19(20-21(26)15-6-4-5-7-16(15)22(27)23(20)31-13)24(28)25-11-10-14-8-9-17(29-2)18(12-14)30-3/h4-9,12H,10-11H2,1-3H3,(H,25,28). The maximum absolute atomic E-state index is 13.0. The molecule has 1 heterocycles. The molecule has 0 unspecified atom stereocenters. The lowest BCUT2D eigenvalue weighted by atomic mass is 9.86. The maximum atomic E-state index is 13.0. The monoisotopic (exact) mass is 419 g/mol. The van der Waals surface area contributed by atoms with E-state index < -0.39 is 11.7 Å². The van der Waals surface area contributed by atoms with Gasteiger partial charge in [-0.15, -0.1) is 0 Å². The van der Waals surface area contributed by atoms with Gasteiger partial charge in [0.2, 0.25) is 5.78 Å². The lowest BCUT2D eigenvalue weighted by molar-refractivity contribution is 0.0938. The fourth-order valence-electron chi connectivity index (χ4n) is 3.78. The summed E-state index contributed by atoms with van der Waals surface area (Å²) in [6, 6.07) is 12.1. The molecule has 0 saturated carbocycles. The van der Waals surface area contributed by atoms with Crippen molar-refractivity contribution in [3.05, 3.63) is 81.8 Å². The van der Waals surface area contributed by atoms with Crippen LogP contribution in [0.15, 0.2) is 46.9 Å². The molecule has 0 spiro atoms. The number of aryl methyl sites for hydroxylation is 1. The number of amides is 1. The van der Waals surface area contributed by atoms with E-state index in [1.807, 2.05) is 12.1 Å². The second-order valence-electron chi connectivity index (χ2n) is 7.14. The fraction of sp³-hybridized carbons (Fsp3) is 0.208. The summed E-state index contributed by atoms with van der Waals surface area (Å²) < 4.78 is 16.1. The predicted molar refractivity (Wildman–Crippen MR) is 112 cm³/mol. The van der Waals surface area contributed by atoms with Crippen LogP contribution in [0.4, 0.5) is 0 Å². The Bertz CT molecular complexity index is 1210. The Morgan fingerprint density at radius 1 is 0.968 bits per heavy atom. The average Bonchev–Trinajstić information content (AvgIpc) is 3.14. The summed E-state index contributed by atoms with van der Waals surface area (Å²) in [5.41, 5.74) is 1.65. The van der Waals surface area contributed by atoms with Gasteiger partial charge in [0.25, 0.3) is 5.91 Å². The molecule has 1 amide bonds. The van der Waals surface area contributed by atoms with Crippen LogP contribution in [0, 0.1) is 6.92 Å². The van der Waals surface area contributed by atoms with Crippen molar-refractivity contribution in [2.75, 3.05) is 20.8 Å². The highest BCUT2D eigenvalue weighted by Crippen LogP contribution is 2.33. The van der Waals surface area contributed by atoms with Gasteiger partial charge in [-0.05, 0) is 31.0 Å². The molecule has 158 valence electrons. The molecule has 1 N–H and O–H groups in total. The number of carbonyl (C=O) groups excluding carboxylic acids is 3. The Labute approximate surface area is 179 Å². The van der Waals surface area contributed by atoms with Gasteiger partial charge in [-0.25, -0.2) is 0 Å². The Kier molecular flexibility index (Phi) is 5.33. The zero-order chi connectivity index (χ0) is 22.1. The average molecular weight is 419 g/mol. The molecule has 3 aromatic rings. The lowest BCUT2D eigenvalue weighted by Gasteiger charge is -2.14. The highest BCUT2D eigenvalue weighted by molar-refractivity contribution is 6.30. The molecule has 0 saturated heterocycles. The summed E-state index contributed by atoms with van der Waals surface area (Å²) in [6.45, 7) is 1.90. The summed E-state index contributed by atoms with van der Waals surface area (Å²) in [4.78, 5) is 38.7. The van der Waals surface area contributed by atoms with E-state index in [1.54, 1.807) is 51.5 Å². The summed E-state index contributed by atoms with van der Waals surface area (Å²) in [5, 5.41) is 2.82. The van der Waals surface area contributed by atoms with Crippen molar-refractivity contribution in [2.45, 2.75) is 13.3 Å². The van der Waals surface area contributed by atoms with Gasteiger partial charge in [-0.3, -0.25) is 14.4 Å². The van der Waals surface area contributed by atoms with E-state index in [4.69, 9.17) is 13.9 Å². The van der Waals surface area contributed by atoms with Crippen molar-refractivity contribution in [3.8, 4) is 11.5 Å². The number of furan rings is 1. The minimum absolute atomic E-state index is 0.0322. The largest absolute Gasteiger partial charge is 0.493 e. The first kappa shape index (κ1) is 20.4. The Hall–Kier alpha value is -3.87. The topological polar surface area (TPSA) is 94.8 Å². The highest BCUT2D eigenvalue weighted by Gasteiger charge is 2.38. The molecule has 7 heteroatoms. The maximum Gasteiger partial charge on any atom is 0.255 e. The first-order valence-corrected chi connectivity index (χ1v) is 9.77. The van der Waals surface area contributed by atoms with Crippen molar-refractivity contribution in [1.82, 2.24) is 5.32 Å². The number of fused-ring (bicyclic) bond motifs is 2. The second kappa shape index (κ2) is 8.10. The molecule has 0 fully saturated rings. The molecule has 1 aromatic heterocycles. The molecule has 0 atom stereocenters. The smallest absolute Gasteiger partial charge is 0.255 e. The summed E-state index contributed by atoms with van der Waals surface area (Å²) in [6.07, 6.45) is 0.543. The van der Waals surface area contributed by atoms with Crippen LogP contribution in [0.1, 0.15) is 53.7 Å². The van der Waals surface area contributed by atoms with Crippen LogP contribution in [0.2, 0.25) is 0 Å². The van der Waals surface area contributed by atoms with Crippen LogP contribution in [0.3, 0.4) is 0 Å². The summed E-state index contributed by atoms with van der Waals surface area (Å²) in [7, 11) is 3.13. The minimum Gasteiger partial charge on any atom is -0.493 e. The third kappa shape index (κ3) is 3.48. The summed E-state index contributed by atoms with van der Waals surface area (Å²) >= 11 is 0. The Balaban J connectivity index is 1.54. The highest BCUT2D eigenvalue weighted by atomic mass is 16.5. The van der Waals surface area contributed by atoms with Crippen LogP contribution in [-0.2, 0) is 6.42 Å². The number of carbonyl (C=O) groups is 3. The van der Waals surface area contributed by atoms with Crippen molar-refractivity contribution in [1.29, 1.82) is 0 Å². The van der Waals surface area contributed by atoms with E-state index in [9.17, 15) is 14.4 Å².